The van der Waals surface area contributed by atoms with E-state index in [-0.39, 0.29) is 5.91 Å². The molecule has 1 heterocycles. The lowest BCUT2D eigenvalue weighted by Gasteiger charge is -2.26. The smallest absolute Gasteiger partial charge is 0.219 e. The fourth-order valence-electron chi connectivity index (χ4n) is 2.18. The molecular formula is C13H25BrN2O. The van der Waals surface area contributed by atoms with Gasteiger partial charge in [-0.15, -0.1) is 0 Å². The van der Waals surface area contributed by atoms with E-state index in [4.69, 9.17) is 0 Å². The Kier molecular flexibility index (Phi) is 8.71. The lowest BCUT2D eigenvalue weighted by Crippen LogP contribution is -2.33. The Morgan fingerprint density at radius 3 is 2.59 bits per heavy atom. The van der Waals surface area contributed by atoms with Crippen LogP contribution in [0.3, 0.4) is 0 Å². The molecule has 1 rings (SSSR count). The van der Waals surface area contributed by atoms with Crippen molar-refractivity contribution >= 4 is 21.8 Å². The highest BCUT2D eigenvalue weighted by Gasteiger charge is 2.09. The minimum atomic E-state index is 0.213. The zero-order chi connectivity index (χ0) is 12.3. The van der Waals surface area contributed by atoms with Crippen LogP contribution in [-0.4, -0.2) is 42.3 Å². The van der Waals surface area contributed by atoms with Crippen LogP contribution in [0.1, 0.15) is 44.9 Å². The van der Waals surface area contributed by atoms with Gasteiger partial charge in [0.15, 0.2) is 0 Å². The Balaban J connectivity index is 1.90. The summed E-state index contributed by atoms with van der Waals surface area (Å²) in [7, 11) is 0. The standard InChI is InChI=1S/C13H25BrN2O/c14-8-3-2-7-13(17)15-9-6-12-16-10-4-1-5-11-16/h1-12H2,(H,15,17). The number of carbonyl (C=O) groups is 1. The molecule has 100 valence electrons. The molecular weight excluding hydrogens is 280 g/mol. The summed E-state index contributed by atoms with van der Waals surface area (Å²) in [5, 5.41) is 4.00. The van der Waals surface area contributed by atoms with Gasteiger partial charge in [-0.1, -0.05) is 22.4 Å². The van der Waals surface area contributed by atoms with Crippen LogP contribution in [0.25, 0.3) is 0 Å². The summed E-state index contributed by atoms with van der Waals surface area (Å²) in [5.41, 5.74) is 0. The van der Waals surface area contributed by atoms with Crippen LogP contribution in [0.5, 0.6) is 0 Å². The second kappa shape index (κ2) is 9.89. The van der Waals surface area contributed by atoms with Gasteiger partial charge in [0.1, 0.15) is 0 Å². The number of unbranched alkanes of at least 4 members (excludes halogenated alkanes) is 1. The molecule has 0 saturated carbocycles. The predicted molar refractivity (Wildman–Crippen MR) is 75.6 cm³/mol. The van der Waals surface area contributed by atoms with Crippen molar-refractivity contribution in [1.29, 1.82) is 0 Å². The van der Waals surface area contributed by atoms with Gasteiger partial charge in [-0.2, -0.15) is 0 Å². The third-order valence-electron chi connectivity index (χ3n) is 3.21. The molecule has 4 heteroatoms. The van der Waals surface area contributed by atoms with Crippen molar-refractivity contribution in [3.8, 4) is 0 Å². The van der Waals surface area contributed by atoms with Gasteiger partial charge in [0.05, 0.1) is 0 Å². The first kappa shape index (κ1) is 15.0. The maximum atomic E-state index is 11.4. The summed E-state index contributed by atoms with van der Waals surface area (Å²) in [6.07, 6.45) is 7.92. The molecule has 1 aliphatic rings. The van der Waals surface area contributed by atoms with E-state index in [1.165, 1.54) is 32.4 Å². The van der Waals surface area contributed by atoms with E-state index in [2.05, 4.69) is 26.1 Å². The topological polar surface area (TPSA) is 32.3 Å². The van der Waals surface area contributed by atoms with Gasteiger partial charge in [-0.3, -0.25) is 4.79 Å². The van der Waals surface area contributed by atoms with Crippen molar-refractivity contribution < 1.29 is 4.79 Å². The van der Waals surface area contributed by atoms with Crippen LogP contribution in [0.4, 0.5) is 0 Å². The highest BCUT2D eigenvalue weighted by Crippen LogP contribution is 2.08. The average Bonchev–Trinajstić information content (AvgIpc) is 2.36. The minimum Gasteiger partial charge on any atom is -0.356 e. The Labute approximate surface area is 113 Å². The second-order valence-electron chi connectivity index (χ2n) is 4.75. The lowest BCUT2D eigenvalue weighted by molar-refractivity contribution is -0.121. The van der Waals surface area contributed by atoms with Crippen LogP contribution in [0, 0.1) is 0 Å². The number of nitrogens with zero attached hydrogens (tertiary/aromatic N) is 1. The van der Waals surface area contributed by atoms with Gasteiger partial charge in [-0.05, 0) is 51.7 Å². The first-order valence-corrected chi connectivity index (χ1v) is 8.00. The van der Waals surface area contributed by atoms with Gasteiger partial charge in [-0.25, -0.2) is 0 Å². The summed E-state index contributed by atoms with van der Waals surface area (Å²) in [6, 6.07) is 0. The zero-order valence-corrected chi connectivity index (χ0v) is 12.3. The van der Waals surface area contributed by atoms with Crippen LogP contribution < -0.4 is 5.32 Å². The van der Waals surface area contributed by atoms with Crippen molar-refractivity contribution in [2.75, 3.05) is 31.5 Å². The molecule has 17 heavy (non-hydrogen) atoms. The fraction of sp³-hybridized carbons (Fsp3) is 0.923. The van der Waals surface area contributed by atoms with Gasteiger partial charge in [0.2, 0.25) is 5.91 Å². The van der Waals surface area contributed by atoms with E-state index in [0.29, 0.717) is 6.42 Å². The molecule has 0 unspecified atom stereocenters. The molecule has 1 aliphatic heterocycles. The molecule has 1 N–H and O–H groups in total. The number of hydrogen-bond acceptors (Lipinski definition) is 2. The SMILES string of the molecule is O=C(CCCCBr)NCCCN1CCCCC1. The van der Waals surface area contributed by atoms with Crippen LogP contribution in [0.2, 0.25) is 0 Å². The number of rotatable bonds is 8. The van der Waals surface area contributed by atoms with Crippen molar-refractivity contribution in [1.82, 2.24) is 10.2 Å². The summed E-state index contributed by atoms with van der Waals surface area (Å²) < 4.78 is 0. The molecule has 0 aliphatic carbocycles. The maximum absolute atomic E-state index is 11.4. The van der Waals surface area contributed by atoms with Gasteiger partial charge >= 0.3 is 0 Å². The molecule has 3 nitrogen and oxygen atoms in total. The van der Waals surface area contributed by atoms with Crippen LogP contribution >= 0.6 is 15.9 Å². The molecule has 1 fully saturated rings. The Morgan fingerprint density at radius 1 is 1.12 bits per heavy atom. The maximum Gasteiger partial charge on any atom is 0.219 e. The summed E-state index contributed by atoms with van der Waals surface area (Å²) >= 11 is 3.37. The number of alkyl halides is 1. The molecule has 1 saturated heterocycles. The molecule has 0 aromatic carbocycles. The lowest BCUT2D eigenvalue weighted by atomic mass is 10.1. The van der Waals surface area contributed by atoms with Crippen LogP contribution in [-0.2, 0) is 4.79 Å². The third kappa shape index (κ3) is 7.77. The monoisotopic (exact) mass is 304 g/mol. The fourth-order valence-corrected chi connectivity index (χ4v) is 2.58. The Bertz CT molecular complexity index is 206. The molecule has 0 aromatic heterocycles. The summed E-state index contributed by atoms with van der Waals surface area (Å²) in [6.45, 7) is 4.48. The molecule has 0 radical (unpaired) electrons. The first-order chi connectivity index (χ1) is 8.33. The molecule has 0 spiro atoms. The van der Waals surface area contributed by atoms with Crippen molar-refractivity contribution in [3.63, 3.8) is 0 Å². The zero-order valence-electron chi connectivity index (χ0n) is 10.7. The molecule has 0 aromatic rings. The second-order valence-corrected chi connectivity index (χ2v) is 5.54. The highest BCUT2D eigenvalue weighted by molar-refractivity contribution is 9.09. The van der Waals surface area contributed by atoms with Crippen molar-refractivity contribution in [2.45, 2.75) is 44.9 Å². The number of likely N-dealkylation sites (tertiary alicyclic amines) is 1. The van der Waals surface area contributed by atoms with Gasteiger partial charge in [0, 0.05) is 18.3 Å². The van der Waals surface area contributed by atoms with Gasteiger partial charge in [0.25, 0.3) is 0 Å². The number of hydrogen-bond donors (Lipinski definition) is 1. The number of halogens is 1. The minimum absolute atomic E-state index is 0.213. The van der Waals surface area contributed by atoms with E-state index >= 15 is 0 Å². The average molecular weight is 305 g/mol. The molecule has 0 atom stereocenters. The number of piperidine rings is 1. The number of carbonyl (C=O) groups excluding carboxylic acids is 1. The van der Waals surface area contributed by atoms with E-state index in [1.54, 1.807) is 0 Å². The quantitative estimate of drug-likeness (QED) is 0.552. The summed E-state index contributed by atoms with van der Waals surface area (Å²) in [4.78, 5) is 13.9. The van der Waals surface area contributed by atoms with E-state index in [9.17, 15) is 4.79 Å². The first-order valence-electron chi connectivity index (χ1n) is 6.88. The van der Waals surface area contributed by atoms with E-state index in [1.807, 2.05) is 0 Å². The molecule has 1 amide bonds. The largest absolute Gasteiger partial charge is 0.356 e. The van der Waals surface area contributed by atoms with Crippen molar-refractivity contribution in [2.24, 2.45) is 0 Å². The Morgan fingerprint density at radius 2 is 1.88 bits per heavy atom. The number of nitrogens with one attached hydrogen (secondary N) is 1. The Hall–Kier alpha value is -0.0900. The molecule has 0 bridgehead atoms. The van der Waals surface area contributed by atoms with Crippen LogP contribution in [0.15, 0.2) is 0 Å². The normalized spacial score (nSPS) is 17.0. The highest BCUT2D eigenvalue weighted by atomic mass is 79.9. The van der Waals surface area contributed by atoms with E-state index in [0.717, 1.165) is 37.7 Å². The van der Waals surface area contributed by atoms with E-state index < -0.39 is 0 Å². The van der Waals surface area contributed by atoms with Gasteiger partial charge < -0.3 is 10.2 Å². The third-order valence-corrected chi connectivity index (χ3v) is 3.77. The predicted octanol–water partition coefficient (Wildman–Crippen LogP) is 2.54. The van der Waals surface area contributed by atoms with Crippen molar-refractivity contribution in [3.05, 3.63) is 0 Å². The number of amides is 1. The summed E-state index contributed by atoms with van der Waals surface area (Å²) in [5.74, 6) is 0.213.